The topological polar surface area (TPSA) is 47.0 Å². The number of aromatic nitrogens is 1. The van der Waals surface area contributed by atoms with Crippen molar-refractivity contribution in [2.24, 2.45) is 4.99 Å². The number of aliphatic imine (C=N–C) groups is 1. The van der Waals surface area contributed by atoms with E-state index in [-0.39, 0.29) is 12.1 Å². The number of amidine groups is 1. The fraction of sp³-hybridized carbons (Fsp3) is 0.429. The number of rotatable bonds is 6. The zero-order valence-corrected chi connectivity index (χ0v) is 18.7. The van der Waals surface area contributed by atoms with E-state index in [1.807, 2.05) is 43.1 Å². The van der Waals surface area contributed by atoms with Crippen LogP contribution in [0.25, 0.3) is 0 Å². The molecule has 5 nitrogen and oxygen atoms in total. The number of benzene rings is 1. The van der Waals surface area contributed by atoms with E-state index in [0.717, 1.165) is 44.6 Å². The van der Waals surface area contributed by atoms with Gasteiger partial charge in [-0.2, -0.15) is 0 Å². The highest BCUT2D eigenvalue weighted by molar-refractivity contribution is 9.10. The van der Waals surface area contributed by atoms with Crippen LogP contribution < -0.4 is 9.47 Å². The Balaban J connectivity index is 1.83. The van der Waals surface area contributed by atoms with E-state index in [9.17, 15) is 0 Å². The van der Waals surface area contributed by atoms with Gasteiger partial charge in [-0.25, -0.2) is 0 Å². The molecule has 28 heavy (non-hydrogen) atoms. The zero-order chi connectivity index (χ0) is 19.7. The number of hydrogen-bond donors (Lipinski definition) is 0. The fourth-order valence-corrected chi connectivity index (χ4v) is 5.79. The van der Waals surface area contributed by atoms with Crippen molar-refractivity contribution in [1.29, 1.82) is 0 Å². The Morgan fingerprint density at radius 1 is 1.25 bits per heavy atom. The Bertz CT molecular complexity index is 877. The summed E-state index contributed by atoms with van der Waals surface area (Å²) in [6.07, 6.45) is 2.93. The summed E-state index contributed by atoms with van der Waals surface area (Å²) in [4.78, 5) is 12.2. The lowest BCUT2D eigenvalue weighted by molar-refractivity contribution is 0.252. The van der Waals surface area contributed by atoms with E-state index in [2.05, 4.69) is 44.9 Å². The van der Waals surface area contributed by atoms with Gasteiger partial charge in [-0.3, -0.25) is 9.98 Å². The molecule has 0 N–H and O–H groups in total. The number of halogens is 1. The average molecular weight is 462 g/mol. The molecule has 3 heterocycles. The van der Waals surface area contributed by atoms with Crippen LogP contribution in [-0.2, 0) is 0 Å². The van der Waals surface area contributed by atoms with Crippen molar-refractivity contribution in [1.82, 2.24) is 9.88 Å². The van der Waals surface area contributed by atoms with Gasteiger partial charge in [0.2, 0.25) is 0 Å². The monoisotopic (exact) mass is 461 g/mol. The second-order valence-electron chi connectivity index (χ2n) is 6.79. The van der Waals surface area contributed by atoms with Crippen molar-refractivity contribution in [3.63, 3.8) is 0 Å². The molecule has 148 valence electrons. The van der Waals surface area contributed by atoms with Crippen LogP contribution >= 0.6 is 27.7 Å². The van der Waals surface area contributed by atoms with Crippen LogP contribution in [0, 0.1) is 0 Å². The third-order valence-corrected chi connectivity index (χ3v) is 7.04. The molecule has 1 saturated heterocycles. The van der Waals surface area contributed by atoms with Gasteiger partial charge in [0, 0.05) is 22.5 Å². The first-order chi connectivity index (χ1) is 13.7. The SMILES string of the molecule is CCOc1cc([C@@H]2[C@H](c3ccccn3)N=C3SC[C@H](CC)N32)c(Br)cc1OC. The number of fused-ring (bicyclic) bond motifs is 1. The molecule has 4 rings (SSSR count). The summed E-state index contributed by atoms with van der Waals surface area (Å²) in [5.74, 6) is 2.57. The highest BCUT2D eigenvalue weighted by atomic mass is 79.9. The van der Waals surface area contributed by atoms with Crippen LogP contribution in [0.15, 0.2) is 46.0 Å². The average Bonchev–Trinajstić information content (AvgIpc) is 3.29. The predicted molar refractivity (Wildman–Crippen MR) is 117 cm³/mol. The lowest BCUT2D eigenvalue weighted by atomic mass is 9.95. The van der Waals surface area contributed by atoms with Crippen LogP contribution in [0.4, 0.5) is 0 Å². The highest BCUT2D eigenvalue weighted by Crippen LogP contribution is 2.51. The van der Waals surface area contributed by atoms with Gasteiger partial charge < -0.3 is 14.4 Å². The number of hydrogen-bond acceptors (Lipinski definition) is 6. The van der Waals surface area contributed by atoms with Gasteiger partial charge in [-0.15, -0.1) is 0 Å². The Kier molecular flexibility index (Phi) is 5.83. The maximum atomic E-state index is 5.87. The maximum absolute atomic E-state index is 5.87. The number of nitrogens with zero attached hydrogens (tertiary/aromatic N) is 3. The molecule has 0 saturated carbocycles. The Morgan fingerprint density at radius 2 is 2.11 bits per heavy atom. The molecule has 0 bridgehead atoms. The molecule has 1 fully saturated rings. The zero-order valence-electron chi connectivity index (χ0n) is 16.3. The molecule has 3 atom stereocenters. The maximum Gasteiger partial charge on any atom is 0.161 e. The first-order valence-electron chi connectivity index (χ1n) is 9.58. The van der Waals surface area contributed by atoms with E-state index in [0.29, 0.717) is 12.6 Å². The summed E-state index contributed by atoms with van der Waals surface area (Å²) >= 11 is 5.63. The van der Waals surface area contributed by atoms with E-state index >= 15 is 0 Å². The number of ether oxygens (including phenoxy) is 2. The van der Waals surface area contributed by atoms with Gasteiger partial charge in [0.1, 0.15) is 6.04 Å². The van der Waals surface area contributed by atoms with Gasteiger partial charge >= 0.3 is 0 Å². The normalized spacial score (nSPS) is 23.5. The Morgan fingerprint density at radius 3 is 2.79 bits per heavy atom. The summed E-state index contributed by atoms with van der Waals surface area (Å²) in [5, 5.41) is 1.12. The molecule has 0 unspecified atom stereocenters. The molecular weight excluding hydrogens is 438 g/mol. The summed E-state index contributed by atoms with van der Waals surface area (Å²) in [5.41, 5.74) is 2.14. The lowest BCUT2D eigenvalue weighted by Gasteiger charge is -2.32. The molecule has 7 heteroatoms. The number of pyridine rings is 1. The van der Waals surface area contributed by atoms with Gasteiger partial charge in [0.15, 0.2) is 16.7 Å². The summed E-state index contributed by atoms with van der Waals surface area (Å²) in [6.45, 7) is 4.82. The Labute approximate surface area is 178 Å². The van der Waals surface area contributed by atoms with Gasteiger partial charge in [-0.1, -0.05) is 40.7 Å². The predicted octanol–water partition coefficient (Wildman–Crippen LogP) is 5.23. The smallest absolute Gasteiger partial charge is 0.161 e. The summed E-state index contributed by atoms with van der Waals surface area (Å²) < 4.78 is 12.4. The molecule has 0 aliphatic carbocycles. The first kappa shape index (κ1) is 19.6. The highest BCUT2D eigenvalue weighted by Gasteiger charge is 2.46. The third kappa shape index (κ3) is 3.39. The van der Waals surface area contributed by atoms with Crippen molar-refractivity contribution in [2.45, 2.75) is 38.4 Å². The lowest BCUT2D eigenvalue weighted by Crippen LogP contribution is -2.35. The number of methoxy groups -OCH3 is 1. The number of thioether (sulfide) groups is 1. The van der Waals surface area contributed by atoms with Crippen LogP contribution in [-0.4, -0.2) is 40.6 Å². The van der Waals surface area contributed by atoms with E-state index in [1.54, 1.807) is 7.11 Å². The molecular formula is C21H24BrN3O2S. The molecule has 2 aliphatic rings. The van der Waals surface area contributed by atoms with Crippen molar-refractivity contribution in [2.75, 3.05) is 19.5 Å². The molecule has 2 aromatic rings. The molecule has 0 amide bonds. The van der Waals surface area contributed by atoms with Crippen LogP contribution in [0.2, 0.25) is 0 Å². The Hall–Kier alpha value is -1.73. The molecule has 0 radical (unpaired) electrons. The largest absolute Gasteiger partial charge is 0.493 e. The quantitative estimate of drug-likeness (QED) is 0.588. The molecule has 1 aromatic heterocycles. The van der Waals surface area contributed by atoms with Gasteiger partial charge in [0.25, 0.3) is 0 Å². The molecule has 0 spiro atoms. The summed E-state index contributed by atoms with van der Waals surface area (Å²) in [7, 11) is 1.67. The van der Waals surface area contributed by atoms with Crippen molar-refractivity contribution < 1.29 is 9.47 Å². The van der Waals surface area contributed by atoms with E-state index in [4.69, 9.17) is 14.5 Å². The van der Waals surface area contributed by atoms with Crippen molar-refractivity contribution in [3.8, 4) is 11.5 Å². The minimum absolute atomic E-state index is 0.0442. The van der Waals surface area contributed by atoms with Crippen molar-refractivity contribution in [3.05, 3.63) is 52.3 Å². The van der Waals surface area contributed by atoms with Crippen molar-refractivity contribution >= 4 is 32.9 Å². The minimum Gasteiger partial charge on any atom is -0.493 e. The van der Waals surface area contributed by atoms with Crippen LogP contribution in [0.5, 0.6) is 11.5 Å². The summed E-state index contributed by atoms with van der Waals surface area (Å²) in [6, 6.07) is 10.6. The molecule has 2 aliphatic heterocycles. The standard InChI is InChI=1S/C21H24BrN3O2S/c1-4-13-12-28-21-24-19(16-8-6-7-9-23-16)20(25(13)21)14-10-18(27-5-2)17(26-3)11-15(14)22/h6-11,13,19-20H,4-5,12H2,1-3H3/t13-,19-,20+/m0/s1. The van der Waals surface area contributed by atoms with Gasteiger partial charge in [0.05, 0.1) is 25.5 Å². The minimum atomic E-state index is -0.0442. The third-order valence-electron chi connectivity index (χ3n) is 5.23. The second kappa shape index (κ2) is 8.33. The van der Waals surface area contributed by atoms with Crippen LogP contribution in [0.1, 0.15) is 43.6 Å². The van der Waals surface area contributed by atoms with E-state index in [1.165, 1.54) is 0 Å². The molecule has 1 aromatic carbocycles. The first-order valence-corrected chi connectivity index (χ1v) is 11.4. The van der Waals surface area contributed by atoms with Crippen LogP contribution in [0.3, 0.4) is 0 Å². The fourth-order valence-electron chi connectivity index (χ4n) is 3.89. The second-order valence-corrected chi connectivity index (χ2v) is 8.64. The van der Waals surface area contributed by atoms with E-state index < -0.39 is 0 Å². The van der Waals surface area contributed by atoms with Gasteiger partial charge in [-0.05, 0) is 43.2 Å².